The maximum atomic E-state index is 11.2. The molecule has 1 aromatic heterocycles. The lowest BCUT2D eigenvalue weighted by atomic mass is 10.5. The molecule has 4 nitrogen and oxygen atoms in total. The van der Waals surface area contributed by atoms with E-state index in [1.807, 2.05) is 6.07 Å². The number of carbonyl (C=O) groups is 1. The molecule has 64 valence electrons. The van der Waals surface area contributed by atoms with Crippen molar-refractivity contribution in [2.75, 3.05) is 17.3 Å². The smallest absolute Gasteiger partial charge is 0.243 e. The first-order valence-electron chi connectivity index (χ1n) is 3.71. The molecule has 0 unspecified atom stereocenters. The van der Waals surface area contributed by atoms with Crippen molar-refractivity contribution < 1.29 is 4.79 Å². The third-order valence-corrected chi connectivity index (χ3v) is 2.15. The number of fused-ring (bicyclic) bond motifs is 1. The van der Waals surface area contributed by atoms with E-state index in [4.69, 9.17) is 11.6 Å². The summed E-state index contributed by atoms with van der Waals surface area (Å²) in [6.45, 7) is 1.46. The maximum Gasteiger partial charge on any atom is 0.243 e. The van der Waals surface area contributed by atoms with Gasteiger partial charge in [-0.1, -0.05) is 0 Å². The Labute approximate surface area is 74.7 Å². The fraction of sp³-hybridized carbons (Fsp3) is 0.429. The molecule has 0 fully saturated rings. The number of hydrogen-bond acceptors (Lipinski definition) is 2. The van der Waals surface area contributed by atoms with Gasteiger partial charge in [0.1, 0.15) is 11.7 Å². The number of nitrogens with zero attached hydrogens (tertiary/aromatic N) is 3. The van der Waals surface area contributed by atoms with Gasteiger partial charge in [-0.2, -0.15) is 5.10 Å². The van der Waals surface area contributed by atoms with Crippen LogP contribution in [0.1, 0.15) is 0 Å². The Morgan fingerprint density at radius 3 is 3.25 bits per heavy atom. The van der Waals surface area contributed by atoms with Gasteiger partial charge in [0, 0.05) is 12.6 Å². The molecule has 5 heteroatoms. The molecule has 1 aliphatic heterocycles. The largest absolute Gasteiger partial charge is 0.294 e. The van der Waals surface area contributed by atoms with Crippen LogP contribution in [-0.4, -0.2) is 28.1 Å². The van der Waals surface area contributed by atoms with Crippen LogP contribution in [0.4, 0.5) is 5.82 Å². The van der Waals surface area contributed by atoms with Gasteiger partial charge in [-0.3, -0.25) is 9.69 Å². The Morgan fingerprint density at radius 1 is 1.67 bits per heavy atom. The van der Waals surface area contributed by atoms with Gasteiger partial charge in [-0.25, -0.2) is 4.68 Å². The molecule has 0 saturated carbocycles. The summed E-state index contributed by atoms with van der Waals surface area (Å²) < 4.78 is 1.80. The SMILES string of the molecule is O=C(CCl)N1CCn2nccc21. The van der Waals surface area contributed by atoms with Crippen molar-refractivity contribution in [2.45, 2.75) is 6.54 Å². The summed E-state index contributed by atoms with van der Waals surface area (Å²) in [6, 6.07) is 1.82. The average molecular weight is 186 g/mol. The summed E-state index contributed by atoms with van der Waals surface area (Å²) in [6.07, 6.45) is 1.68. The van der Waals surface area contributed by atoms with Crippen LogP contribution in [0, 0.1) is 0 Å². The Morgan fingerprint density at radius 2 is 2.50 bits per heavy atom. The van der Waals surface area contributed by atoms with E-state index in [0.717, 1.165) is 12.4 Å². The van der Waals surface area contributed by atoms with Crippen molar-refractivity contribution in [3.63, 3.8) is 0 Å². The van der Waals surface area contributed by atoms with Crippen molar-refractivity contribution in [3.05, 3.63) is 12.3 Å². The Bertz CT molecular complexity index is 309. The second-order valence-corrected chi connectivity index (χ2v) is 2.86. The average Bonchev–Trinajstić information content (AvgIpc) is 2.62. The Hall–Kier alpha value is -1.03. The molecule has 1 aliphatic rings. The zero-order valence-corrected chi connectivity index (χ0v) is 7.16. The monoisotopic (exact) mass is 185 g/mol. The number of aromatic nitrogens is 2. The lowest BCUT2D eigenvalue weighted by molar-refractivity contribution is -0.116. The predicted molar refractivity (Wildman–Crippen MR) is 45.3 cm³/mol. The number of anilines is 1. The molecular weight excluding hydrogens is 178 g/mol. The molecule has 1 amide bonds. The van der Waals surface area contributed by atoms with E-state index in [9.17, 15) is 4.79 Å². The third-order valence-electron chi connectivity index (χ3n) is 1.92. The lowest BCUT2D eigenvalue weighted by Gasteiger charge is -2.11. The van der Waals surface area contributed by atoms with Crippen molar-refractivity contribution in [3.8, 4) is 0 Å². The maximum absolute atomic E-state index is 11.2. The third kappa shape index (κ3) is 0.992. The van der Waals surface area contributed by atoms with E-state index in [1.165, 1.54) is 0 Å². The van der Waals surface area contributed by atoms with Crippen LogP contribution in [0.5, 0.6) is 0 Å². The summed E-state index contributed by atoms with van der Waals surface area (Å²) in [5.74, 6) is 0.821. The van der Waals surface area contributed by atoms with Crippen LogP contribution in [0.2, 0.25) is 0 Å². The van der Waals surface area contributed by atoms with Crippen molar-refractivity contribution in [1.29, 1.82) is 0 Å². The number of halogens is 1. The first-order chi connectivity index (χ1) is 5.83. The number of rotatable bonds is 1. The predicted octanol–water partition coefficient (Wildman–Crippen LogP) is 0.468. The van der Waals surface area contributed by atoms with E-state index in [0.29, 0.717) is 6.54 Å². The highest BCUT2D eigenvalue weighted by molar-refractivity contribution is 6.29. The second kappa shape index (κ2) is 2.79. The number of carbonyl (C=O) groups excluding carboxylic acids is 1. The Balaban J connectivity index is 2.28. The van der Waals surface area contributed by atoms with Crippen molar-refractivity contribution >= 4 is 23.3 Å². The van der Waals surface area contributed by atoms with Crippen molar-refractivity contribution in [1.82, 2.24) is 9.78 Å². The van der Waals surface area contributed by atoms with Crippen LogP contribution in [-0.2, 0) is 11.3 Å². The highest BCUT2D eigenvalue weighted by Crippen LogP contribution is 2.19. The van der Waals surface area contributed by atoms with Crippen LogP contribution >= 0.6 is 11.6 Å². The number of hydrogen-bond donors (Lipinski definition) is 0. The van der Waals surface area contributed by atoms with Crippen LogP contribution in [0.3, 0.4) is 0 Å². The number of alkyl halides is 1. The molecule has 2 heterocycles. The molecule has 2 rings (SSSR count). The topological polar surface area (TPSA) is 38.1 Å². The summed E-state index contributed by atoms with van der Waals surface area (Å²) >= 11 is 5.44. The highest BCUT2D eigenvalue weighted by Gasteiger charge is 2.23. The van der Waals surface area contributed by atoms with E-state index < -0.39 is 0 Å². The standard InChI is InChI=1S/C7H8ClN3O/c8-5-7(12)10-3-4-11-6(10)1-2-9-11/h1-2H,3-5H2. The molecular formula is C7H8ClN3O. The summed E-state index contributed by atoms with van der Waals surface area (Å²) in [4.78, 5) is 12.9. The quantitative estimate of drug-likeness (QED) is 0.597. The molecule has 0 spiro atoms. The van der Waals surface area contributed by atoms with Gasteiger partial charge < -0.3 is 0 Å². The van der Waals surface area contributed by atoms with E-state index in [1.54, 1.807) is 15.8 Å². The first-order valence-corrected chi connectivity index (χ1v) is 4.24. The van der Waals surface area contributed by atoms with Crippen LogP contribution in [0.15, 0.2) is 12.3 Å². The summed E-state index contributed by atoms with van der Waals surface area (Å²) in [5.41, 5.74) is 0. The molecule has 1 aromatic rings. The molecule has 0 bridgehead atoms. The normalized spacial score (nSPS) is 14.9. The van der Waals surface area contributed by atoms with E-state index in [-0.39, 0.29) is 11.8 Å². The van der Waals surface area contributed by atoms with E-state index in [2.05, 4.69) is 5.10 Å². The van der Waals surface area contributed by atoms with Crippen LogP contribution < -0.4 is 4.90 Å². The second-order valence-electron chi connectivity index (χ2n) is 2.59. The van der Waals surface area contributed by atoms with Crippen molar-refractivity contribution in [2.24, 2.45) is 0 Å². The zero-order chi connectivity index (χ0) is 8.55. The van der Waals surface area contributed by atoms with Gasteiger partial charge in [0.2, 0.25) is 5.91 Å². The minimum absolute atomic E-state index is 0.0329. The van der Waals surface area contributed by atoms with Crippen LogP contribution in [0.25, 0.3) is 0 Å². The minimum atomic E-state index is -0.0593. The fourth-order valence-corrected chi connectivity index (χ4v) is 1.51. The minimum Gasteiger partial charge on any atom is -0.294 e. The van der Waals surface area contributed by atoms with Gasteiger partial charge in [0.25, 0.3) is 0 Å². The summed E-state index contributed by atoms with van der Waals surface area (Å²) in [7, 11) is 0. The Kier molecular flexibility index (Phi) is 1.77. The highest BCUT2D eigenvalue weighted by atomic mass is 35.5. The molecule has 0 saturated heterocycles. The first kappa shape index (κ1) is 7.61. The molecule has 0 N–H and O–H groups in total. The molecule has 0 radical (unpaired) electrons. The number of amides is 1. The van der Waals surface area contributed by atoms with Gasteiger partial charge in [-0.15, -0.1) is 11.6 Å². The molecule has 12 heavy (non-hydrogen) atoms. The fourth-order valence-electron chi connectivity index (χ4n) is 1.36. The zero-order valence-electron chi connectivity index (χ0n) is 6.40. The van der Waals surface area contributed by atoms with Gasteiger partial charge in [0.05, 0.1) is 12.7 Å². The lowest BCUT2D eigenvalue weighted by Crippen LogP contribution is -2.29. The molecule has 0 atom stereocenters. The van der Waals surface area contributed by atoms with Gasteiger partial charge in [-0.05, 0) is 0 Å². The molecule has 0 aromatic carbocycles. The summed E-state index contributed by atoms with van der Waals surface area (Å²) in [5, 5.41) is 4.04. The molecule has 0 aliphatic carbocycles. The van der Waals surface area contributed by atoms with Gasteiger partial charge in [0.15, 0.2) is 0 Å². The van der Waals surface area contributed by atoms with E-state index >= 15 is 0 Å². The van der Waals surface area contributed by atoms with Gasteiger partial charge >= 0.3 is 0 Å².